The average Bonchev–Trinajstić information content (AvgIpc) is 2.69. The summed E-state index contributed by atoms with van der Waals surface area (Å²) in [6.45, 7) is 4.01. The number of amides is 3. The van der Waals surface area contributed by atoms with E-state index in [-0.39, 0.29) is 11.9 Å². The number of hydrogen-bond acceptors (Lipinski definition) is 3. The second-order valence-corrected chi connectivity index (χ2v) is 6.60. The summed E-state index contributed by atoms with van der Waals surface area (Å²) in [5.74, 6) is 2.35. The van der Waals surface area contributed by atoms with Crippen LogP contribution in [0.2, 0.25) is 0 Å². The first kappa shape index (κ1) is 15.5. The topological polar surface area (TPSA) is 52.7 Å². The largest absolute Gasteiger partial charge is 0.343 e. The summed E-state index contributed by atoms with van der Waals surface area (Å²) in [7, 11) is 0. The van der Waals surface area contributed by atoms with Gasteiger partial charge in [0.05, 0.1) is 0 Å². The molecule has 2 aliphatic heterocycles. The predicted molar refractivity (Wildman–Crippen MR) is 82.0 cm³/mol. The molecule has 0 bridgehead atoms. The van der Waals surface area contributed by atoms with Crippen LogP contribution in [-0.4, -0.2) is 66.0 Å². The predicted octanol–water partition coefficient (Wildman–Crippen LogP) is 1.54. The molecular weight excluding hydrogens is 274 g/mol. The van der Waals surface area contributed by atoms with Gasteiger partial charge >= 0.3 is 6.03 Å². The molecule has 0 aromatic carbocycles. The summed E-state index contributed by atoms with van der Waals surface area (Å²) in [5, 5.41) is 2.96. The van der Waals surface area contributed by atoms with E-state index in [0.29, 0.717) is 13.0 Å². The Morgan fingerprint density at radius 3 is 2.75 bits per heavy atom. The van der Waals surface area contributed by atoms with Crippen molar-refractivity contribution in [3.05, 3.63) is 0 Å². The fraction of sp³-hybridized carbons (Fsp3) is 0.857. The standard InChI is InChI=1S/C14H25N3O2S/c18-13-5-2-1-3-7-16(13)8-4-6-15-14(19)17-9-11-20-12-10-17/h1-12H2,(H,15,19). The average molecular weight is 299 g/mol. The molecule has 1 N–H and O–H groups in total. The Morgan fingerprint density at radius 1 is 1.15 bits per heavy atom. The van der Waals surface area contributed by atoms with E-state index in [9.17, 15) is 9.59 Å². The number of rotatable bonds is 4. The number of urea groups is 1. The molecule has 0 radical (unpaired) electrons. The normalized spacial score (nSPS) is 20.7. The Labute approximate surface area is 125 Å². The van der Waals surface area contributed by atoms with Crippen LogP contribution in [0.5, 0.6) is 0 Å². The highest BCUT2D eigenvalue weighted by atomic mass is 32.2. The zero-order valence-electron chi connectivity index (χ0n) is 12.1. The highest BCUT2D eigenvalue weighted by Crippen LogP contribution is 2.11. The van der Waals surface area contributed by atoms with Crippen molar-refractivity contribution in [3.8, 4) is 0 Å². The molecule has 0 saturated carbocycles. The number of nitrogens with zero attached hydrogens (tertiary/aromatic N) is 2. The van der Waals surface area contributed by atoms with Crippen LogP contribution in [0.15, 0.2) is 0 Å². The minimum Gasteiger partial charge on any atom is -0.343 e. The smallest absolute Gasteiger partial charge is 0.317 e. The Morgan fingerprint density at radius 2 is 1.95 bits per heavy atom. The summed E-state index contributed by atoms with van der Waals surface area (Å²) in [6.07, 6.45) is 4.84. The van der Waals surface area contributed by atoms with Crippen LogP contribution in [0.3, 0.4) is 0 Å². The number of carbonyl (C=O) groups excluding carboxylic acids is 2. The maximum absolute atomic E-state index is 11.9. The van der Waals surface area contributed by atoms with Gasteiger partial charge in [-0.15, -0.1) is 0 Å². The van der Waals surface area contributed by atoms with E-state index in [1.165, 1.54) is 0 Å². The molecule has 114 valence electrons. The van der Waals surface area contributed by atoms with E-state index in [4.69, 9.17) is 0 Å². The third-order valence-corrected chi connectivity index (χ3v) is 4.79. The van der Waals surface area contributed by atoms with Gasteiger partial charge in [0, 0.05) is 50.7 Å². The van der Waals surface area contributed by atoms with E-state index in [2.05, 4.69) is 5.32 Å². The fourth-order valence-corrected chi connectivity index (χ4v) is 3.52. The lowest BCUT2D eigenvalue weighted by atomic mass is 10.2. The van der Waals surface area contributed by atoms with Crippen molar-refractivity contribution >= 4 is 23.7 Å². The van der Waals surface area contributed by atoms with Crippen LogP contribution >= 0.6 is 11.8 Å². The monoisotopic (exact) mass is 299 g/mol. The molecule has 0 atom stereocenters. The SMILES string of the molecule is O=C1CCCCCN1CCCNC(=O)N1CCSCC1. The lowest BCUT2D eigenvalue weighted by Crippen LogP contribution is -2.45. The van der Waals surface area contributed by atoms with E-state index in [0.717, 1.165) is 63.4 Å². The summed E-state index contributed by atoms with van der Waals surface area (Å²) >= 11 is 1.90. The zero-order chi connectivity index (χ0) is 14.2. The first-order valence-corrected chi connectivity index (χ1v) is 8.81. The molecule has 0 aromatic rings. The first-order valence-electron chi connectivity index (χ1n) is 7.65. The number of hydrogen-bond donors (Lipinski definition) is 1. The molecule has 2 rings (SSSR count). The molecule has 2 saturated heterocycles. The van der Waals surface area contributed by atoms with Gasteiger partial charge in [-0.05, 0) is 19.3 Å². The van der Waals surface area contributed by atoms with Crippen molar-refractivity contribution in [1.82, 2.24) is 15.1 Å². The van der Waals surface area contributed by atoms with Crippen LogP contribution in [0.4, 0.5) is 4.79 Å². The van der Waals surface area contributed by atoms with Crippen molar-refractivity contribution in [2.75, 3.05) is 44.2 Å². The summed E-state index contributed by atoms with van der Waals surface area (Å²) in [5.41, 5.74) is 0. The number of nitrogens with one attached hydrogen (secondary N) is 1. The summed E-state index contributed by atoms with van der Waals surface area (Å²) in [4.78, 5) is 27.5. The maximum atomic E-state index is 11.9. The maximum Gasteiger partial charge on any atom is 0.317 e. The van der Waals surface area contributed by atoms with Gasteiger partial charge in [0.1, 0.15) is 0 Å². The molecule has 5 nitrogen and oxygen atoms in total. The van der Waals surface area contributed by atoms with Gasteiger partial charge in [0.15, 0.2) is 0 Å². The van der Waals surface area contributed by atoms with E-state index in [1.807, 2.05) is 21.6 Å². The number of likely N-dealkylation sites (tertiary alicyclic amines) is 1. The molecule has 0 aromatic heterocycles. The van der Waals surface area contributed by atoms with Crippen LogP contribution in [-0.2, 0) is 4.79 Å². The highest BCUT2D eigenvalue weighted by Gasteiger charge is 2.17. The van der Waals surface area contributed by atoms with Crippen molar-refractivity contribution in [2.45, 2.75) is 32.1 Å². The van der Waals surface area contributed by atoms with Gasteiger partial charge in [-0.2, -0.15) is 11.8 Å². The van der Waals surface area contributed by atoms with Crippen molar-refractivity contribution in [3.63, 3.8) is 0 Å². The highest BCUT2D eigenvalue weighted by molar-refractivity contribution is 7.99. The molecule has 20 heavy (non-hydrogen) atoms. The zero-order valence-corrected chi connectivity index (χ0v) is 12.9. The molecular formula is C14H25N3O2S. The molecule has 2 heterocycles. The number of thioether (sulfide) groups is 1. The van der Waals surface area contributed by atoms with Crippen LogP contribution in [0.1, 0.15) is 32.1 Å². The van der Waals surface area contributed by atoms with Crippen molar-refractivity contribution in [1.29, 1.82) is 0 Å². The molecule has 0 spiro atoms. The van der Waals surface area contributed by atoms with Gasteiger partial charge < -0.3 is 15.1 Å². The molecule has 0 aliphatic carbocycles. The van der Waals surface area contributed by atoms with Gasteiger partial charge in [0.2, 0.25) is 5.91 Å². The van der Waals surface area contributed by atoms with Crippen molar-refractivity contribution < 1.29 is 9.59 Å². The Balaban J connectivity index is 1.60. The van der Waals surface area contributed by atoms with E-state index >= 15 is 0 Å². The van der Waals surface area contributed by atoms with Crippen molar-refractivity contribution in [2.24, 2.45) is 0 Å². The molecule has 3 amide bonds. The quantitative estimate of drug-likeness (QED) is 0.801. The van der Waals surface area contributed by atoms with Gasteiger partial charge in [-0.3, -0.25) is 4.79 Å². The minimum atomic E-state index is 0.0486. The molecule has 2 aliphatic rings. The lowest BCUT2D eigenvalue weighted by molar-refractivity contribution is -0.130. The van der Waals surface area contributed by atoms with Gasteiger partial charge in [-0.1, -0.05) is 6.42 Å². The number of carbonyl (C=O) groups is 2. The lowest BCUT2D eigenvalue weighted by Gasteiger charge is -2.27. The van der Waals surface area contributed by atoms with Crippen LogP contribution < -0.4 is 5.32 Å². The first-order chi connectivity index (χ1) is 9.77. The molecule has 6 heteroatoms. The van der Waals surface area contributed by atoms with E-state index < -0.39 is 0 Å². The van der Waals surface area contributed by atoms with Crippen LogP contribution in [0.25, 0.3) is 0 Å². The Hall–Kier alpha value is -0.910. The third kappa shape index (κ3) is 4.89. The van der Waals surface area contributed by atoms with Gasteiger partial charge in [0.25, 0.3) is 0 Å². The summed E-state index contributed by atoms with van der Waals surface area (Å²) in [6, 6.07) is 0.0486. The minimum absolute atomic E-state index is 0.0486. The van der Waals surface area contributed by atoms with Crippen LogP contribution in [0, 0.1) is 0 Å². The Bertz CT molecular complexity index is 332. The second-order valence-electron chi connectivity index (χ2n) is 5.38. The Kier molecular flexibility index (Phi) is 6.50. The third-order valence-electron chi connectivity index (χ3n) is 3.85. The molecule has 0 unspecified atom stereocenters. The van der Waals surface area contributed by atoms with E-state index in [1.54, 1.807) is 0 Å². The second kappa shape index (κ2) is 8.39. The summed E-state index contributed by atoms with van der Waals surface area (Å²) < 4.78 is 0. The fourth-order valence-electron chi connectivity index (χ4n) is 2.62. The van der Waals surface area contributed by atoms with Gasteiger partial charge in [-0.25, -0.2) is 4.79 Å². The molecule has 2 fully saturated rings.